The van der Waals surface area contributed by atoms with Gasteiger partial charge in [0.1, 0.15) is 11.6 Å². The molecule has 1 saturated heterocycles. The molecule has 7 nitrogen and oxygen atoms in total. The number of nitrogens with zero attached hydrogens (tertiary/aromatic N) is 4. The van der Waals surface area contributed by atoms with Gasteiger partial charge in [0, 0.05) is 43.7 Å². The number of halogens is 2. The molecule has 1 aliphatic carbocycles. The van der Waals surface area contributed by atoms with Crippen molar-refractivity contribution in [2.45, 2.75) is 44.6 Å². The Balaban J connectivity index is 1.25. The van der Waals surface area contributed by atoms with Gasteiger partial charge in [-0.15, -0.1) is 0 Å². The molecular weight excluding hydrogens is 522 g/mol. The van der Waals surface area contributed by atoms with Crippen LogP contribution in [0.5, 0.6) is 0 Å². The van der Waals surface area contributed by atoms with E-state index in [0.29, 0.717) is 23.6 Å². The Hall–Kier alpha value is -3.98. The van der Waals surface area contributed by atoms with E-state index in [0.717, 1.165) is 72.9 Å². The van der Waals surface area contributed by atoms with Crippen LogP contribution >= 0.6 is 0 Å². The quantitative estimate of drug-likeness (QED) is 0.301. The molecule has 2 N–H and O–H groups in total. The molecule has 2 aliphatic rings. The van der Waals surface area contributed by atoms with E-state index in [2.05, 4.69) is 38.8 Å². The van der Waals surface area contributed by atoms with Crippen LogP contribution in [0.4, 0.5) is 20.2 Å². The van der Waals surface area contributed by atoms with E-state index in [1.807, 2.05) is 30.3 Å². The third kappa shape index (κ3) is 6.20. The van der Waals surface area contributed by atoms with Gasteiger partial charge in [0.2, 0.25) is 0 Å². The van der Waals surface area contributed by atoms with Crippen molar-refractivity contribution in [3.63, 3.8) is 0 Å². The van der Waals surface area contributed by atoms with Crippen LogP contribution < -0.4 is 15.6 Å². The van der Waals surface area contributed by atoms with Gasteiger partial charge in [-0.3, -0.25) is 4.79 Å². The molecule has 214 valence electrons. The van der Waals surface area contributed by atoms with E-state index >= 15 is 0 Å². The highest BCUT2D eigenvalue weighted by atomic mass is 19.1. The molecule has 0 atom stereocenters. The standard InChI is InChI=1S/C32H36F2N6O/c1-38-12-14-39(15-13-38)30-9-5-8-28(31(30)36-27-6-3-2-4-7-27)32(41)37-40-29-11-10-22(17-24(29)21-35-40)16-23-18-25(33)20-26(34)19-23/h5,8-11,17-21,27,36H,2-4,6-7,12-16H2,1H3,(H,37,41). The van der Waals surface area contributed by atoms with Crippen LogP contribution in [-0.4, -0.2) is 60.0 Å². The first kappa shape index (κ1) is 27.2. The highest BCUT2D eigenvalue weighted by Crippen LogP contribution is 2.34. The first-order valence-corrected chi connectivity index (χ1v) is 14.5. The molecule has 4 aromatic rings. The number of piperazine rings is 1. The number of benzene rings is 3. The van der Waals surface area contributed by atoms with Crippen molar-refractivity contribution in [2.75, 3.05) is 48.9 Å². The lowest BCUT2D eigenvalue weighted by Crippen LogP contribution is -2.45. The summed E-state index contributed by atoms with van der Waals surface area (Å²) in [5.41, 5.74) is 7.73. The smallest absolute Gasteiger partial charge is 0.273 e. The fourth-order valence-corrected chi connectivity index (χ4v) is 6.03. The topological polar surface area (TPSA) is 65.4 Å². The number of hydrogen-bond acceptors (Lipinski definition) is 5. The van der Waals surface area contributed by atoms with Crippen molar-refractivity contribution < 1.29 is 13.6 Å². The van der Waals surface area contributed by atoms with E-state index in [1.54, 1.807) is 6.20 Å². The van der Waals surface area contributed by atoms with Crippen molar-refractivity contribution in [1.82, 2.24) is 14.8 Å². The number of fused-ring (bicyclic) bond motifs is 1. The summed E-state index contributed by atoms with van der Waals surface area (Å²) < 4.78 is 27.3. The second-order valence-corrected chi connectivity index (χ2v) is 11.3. The summed E-state index contributed by atoms with van der Waals surface area (Å²) in [4.78, 5) is 20.0. The highest BCUT2D eigenvalue weighted by Gasteiger charge is 2.24. The van der Waals surface area contributed by atoms with Crippen molar-refractivity contribution in [3.05, 3.63) is 89.1 Å². The Morgan fingerprint density at radius 1 is 0.927 bits per heavy atom. The molecule has 0 bridgehead atoms. The molecule has 41 heavy (non-hydrogen) atoms. The lowest BCUT2D eigenvalue weighted by Gasteiger charge is -2.36. The number of rotatable bonds is 7. The molecule has 2 heterocycles. The average molecular weight is 559 g/mol. The van der Waals surface area contributed by atoms with Crippen molar-refractivity contribution in [2.24, 2.45) is 0 Å². The zero-order valence-corrected chi connectivity index (χ0v) is 23.4. The summed E-state index contributed by atoms with van der Waals surface area (Å²) >= 11 is 0. The first-order valence-electron chi connectivity index (χ1n) is 14.5. The van der Waals surface area contributed by atoms with Gasteiger partial charge in [0.25, 0.3) is 5.91 Å². The van der Waals surface area contributed by atoms with Crippen molar-refractivity contribution in [3.8, 4) is 0 Å². The lowest BCUT2D eigenvalue weighted by atomic mass is 9.94. The predicted molar refractivity (Wildman–Crippen MR) is 159 cm³/mol. The first-order chi connectivity index (χ1) is 19.9. The fraction of sp³-hybridized carbons (Fsp3) is 0.375. The lowest BCUT2D eigenvalue weighted by molar-refractivity contribution is 0.101. The van der Waals surface area contributed by atoms with Gasteiger partial charge in [-0.2, -0.15) is 9.89 Å². The number of amides is 1. The van der Waals surface area contributed by atoms with Gasteiger partial charge in [-0.25, -0.2) is 14.2 Å². The zero-order chi connectivity index (χ0) is 28.3. The van der Waals surface area contributed by atoms with Gasteiger partial charge in [-0.05, 0) is 73.8 Å². The highest BCUT2D eigenvalue weighted by molar-refractivity contribution is 6.07. The minimum atomic E-state index is -0.592. The number of nitrogens with one attached hydrogen (secondary N) is 2. The van der Waals surface area contributed by atoms with Crippen molar-refractivity contribution >= 4 is 28.2 Å². The number of hydrogen-bond donors (Lipinski definition) is 2. The van der Waals surface area contributed by atoms with Crippen LogP contribution in [0.3, 0.4) is 0 Å². The maximum absolute atomic E-state index is 13.8. The fourth-order valence-electron chi connectivity index (χ4n) is 6.03. The molecule has 0 spiro atoms. The Bertz CT molecular complexity index is 1520. The van der Waals surface area contributed by atoms with E-state index in [-0.39, 0.29) is 5.91 Å². The Morgan fingerprint density at radius 3 is 2.44 bits per heavy atom. The Labute approximate surface area is 239 Å². The molecule has 1 amide bonds. The van der Waals surface area contributed by atoms with Gasteiger partial charge in [0.15, 0.2) is 0 Å². The number of para-hydroxylation sites is 1. The van der Waals surface area contributed by atoms with E-state index in [1.165, 1.54) is 36.2 Å². The molecule has 1 aromatic heterocycles. The minimum Gasteiger partial charge on any atom is -0.380 e. The monoisotopic (exact) mass is 558 g/mol. The molecule has 1 aliphatic heterocycles. The second-order valence-electron chi connectivity index (χ2n) is 11.3. The molecule has 6 rings (SSSR count). The Kier molecular flexibility index (Phi) is 7.87. The van der Waals surface area contributed by atoms with E-state index < -0.39 is 11.6 Å². The maximum atomic E-state index is 13.8. The summed E-state index contributed by atoms with van der Waals surface area (Å²) in [5, 5.41) is 9.02. The maximum Gasteiger partial charge on any atom is 0.273 e. The van der Waals surface area contributed by atoms with E-state index in [4.69, 9.17) is 0 Å². The van der Waals surface area contributed by atoms with Crippen molar-refractivity contribution in [1.29, 1.82) is 0 Å². The number of likely N-dealkylation sites (N-methyl/N-ethyl adjacent to an activating group) is 1. The van der Waals surface area contributed by atoms with Crippen LogP contribution in [0.1, 0.15) is 53.6 Å². The SMILES string of the molecule is CN1CCN(c2cccc(C(=O)Nn3ncc4cc(Cc5cc(F)cc(F)c5)ccc43)c2NC2CCCCC2)CC1. The number of anilines is 2. The van der Waals surface area contributed by atoms with Gasteiger partial charge in [0.05, 0.1) is 28.7 Å². The molecule has 3 aromatic carbocycles. The van der Waals surface area contributed by atoms with Gasteiger partial charge >= 0.3 is 0 Å². The molecule has 0 unspecified atom stereocenters. The van der Waals surface area contributed by atoms with Gasteiger partial charge < -0.3 is 15.1 Å². The Morgan fingerprint density at radius 2 is 1.68 bits per heavy atom. The third-order valence-electron chi connectivity index (χ3n) is 8.26. The predicted octanol–water partition coefficient (Wildman–Crippen LogP) is 5.79. The summed E-state index contributed by atoms with van der Waals surface area (Å²) in [6, 6.07) is 15.5. The van der Waals surface area contributed by atoms with Crippen LogP contribution in [0.15, 0.2) is 60.8 Å². The number of aromatic nitrogens is 2. The van der Waals surface area contributed by atoms with Crippen LogP contribution in [-0.2, 0) is 6.42 Å². The van der Waals surface area contributed by atoms with Crippen LogP contribution in [0, 0.1) is 11.6 Å². The number of carbonyl (C=O) groups excluding carboxylic acids is 1. The van der Waals surface area contributed by atoms with Gasteiger partial charge in [-0.1, -0.05) is 31.4 Å². The number of carbonyl (C=O) groups is 1. The molecule has 0 radical (unpaired) electrons. The summed E-state index contributed by atoms with van der Waals surface area (Å²) in [6.45, 7) is 3.79. The summed E-state index contributed by atoms with van der Waals surface area (Å²) in [6.07, 6.45) is 7.94. The molecule has 2 fully saturated rings. The molecular formula is C32H36F2N6O. The summed E-state index contributed by atoms with van der Waals surface area (Å²) in [5.74, 6) is -1.42. The average Bonchev–Trinajstić information content (AvgIpc) is 3.35. The molecule has 9 heteroatoms. The normalized spacial score (nSPS) is 16.7. The van der Waals surface area contributed by atoms with Crippen LogP contribution in [0.25, 0.3) is 10.9 Å². The van der Waals surface area contributed by atoms with Crippen LogP contribution in [0.2, 0.25) is 0 Å². The largest absolute Gasteiger partial charge is 0.380 e. The second kappa shape index (κ2) is 11.9. The zero-order valence-electron chi connectivity index (χ0n) is 23.4. The third-order valence-corrected chi connectivity index (χ3v) is 8.26. The molecule has 1 saturated carbocycles. The summed E-state index contributed by atoms with van der Waals surface area (Å²) in [7, 11) is 2.14. The minimum absolute atomic E-state index is 0.233. The van der Waals surface area contributed by atoms with E-state index in [9.17, 15) is 13.6 Å².